The first kappa shape index (κ1) is 10.3. The fourth-order valence-corrected chi connectivity index (χ4v) is 1.72. The Morgan fingerprint density at radius 3 is 2.50 bits per heavy atom. The fraction of sp³-hybridized carbons (Fsp3) is 1.00. The van der Waals surface area contributed by atoms with Crippen molar-refractivity contribution in [2.45, 2.75) is 25.0 Å². The van der Waals surface area contributed by atoms with E-state index in [0.717, 1.165) is 25.9 Å². The van der Waals surface area contributed by atoms with E-state index in [9.17, 15) is 0 Å². The molecule has 0 aliphatic rings. The molecular weight excluding hydrogens is 144 g/mol. The Morgan fingerprint density at radius 2 is 2.00 bits per heavy atom. The topological polar surface area (TPSA) is 52.0 Å². The molecule has 0 heterocycles. The van der Waals surface area contributed by atoms with Crippen LogP contribution in [-0.2, 0) is 0 Å². The van der Waals surface area contributed by atoms with Gasteiger partial charge in [0.25, 0.3) is 0 Å². The quantitative estimate of drug-likeness (QED) is 0.568. The molecule has 0 rings (SSSR count). The highest BCUT2D eigenvalue weighted by atomic mass is 32.2. The minimum Gasteiger partial charge on any atom is -0.330 e. The van der Waals surface area contributed by atoms with Crippen LogP contribution in [0.25, 0.3) is 0 Å². The molecule has 0 saturated heterocycles. The molecule has 0 aromatic heterocycles. The molecule has 0 aromatic rings. The molecule has 1 atom stereocenters. The van der Waals surface area contributed by atoms with Gasteiger partial charge >= 0.3 is 0 Å². The maximum absolute atomic E-state index is 5.40. The molecule has 0 radical (unpaired) electrons. The van der Waals surface area contributed by atoms with Crippen molar-refractivity contribution in [3.05, 3.63) is 0 Å². The summed E-state index contributed by atoms with van der Waals surface area (Å²) in [4.78, 5) is 0. The highest BCUT2D eigenvalue weighted by molar-refractivity contribution is 7.99. The van der Waals surface area contributed by atoms with Crippen LogP contribution >= 0.6 is 11.8 Å². The van der Waals surface area contributed by atoms with Gasteiger partial charge in [-0.1, -0.05) is 6.92 Å². The van der Waals surface area contributed by atoms with Gasteiger partial charge in [-0.15, -0.1) is 0 Å². The predicted molar refractivity (Wildman–Crippen MR) is 49.3 cm³/mol. The molecule has 3 heteroatoms. The Kier molecular flexibility index (Phi) is 7.58. The minimum atomic E-state index is 0.705. The van der Waals surface area contributed by atoms with Crippen molar-refractivity contribution in [2.24, 2.45) is 11.5 Å². The van der Waals surface area contributed by atoms with Crippen molar-refractivity contribution >= 4 is 11.8 Å². The second-order valence-electron chi connectivity index (χ2n) is 2.40. The van der Waals surface area contributed by atoms with Crippen LogP contribution in [0.1, 0.15) is 19.8 Å². The lowest BCUT2D eigenvalue weighted by Crippen LogP contribution is -2.08. The van der Waals surface area contributed by atoms with E-state index in [0.29, 0.717) is 5.25 Å². The average molecular weight is 162 g/mol. The Morgan fingerprint density at radius 1 is 1.30 bits per heavy atom. The lowest BCUT2D eigenvalue weighted by atomic mass is 10.3. The molecule has 4 N–H and O–H groups in total. The molecule has 0 amide bonds. The van der Waals surface area contributed by atoms with E-state index >= 15 is 0 Å². The summed E-state index contributed by atoms with van der Waals surface area (Å²) in [7, 11) is 0. The zero-order chi connectivity index (χ0) is 7.82. The summed E-state index contributed by atoms with van der Waals surface area (Å²) in [6, 6.07) is 0. The van der Waals surface area contributed by atoms with Crippen LogP contribution in [0.2, 0.25) is 0 Å². The van der Waals surface area contributed by atoms with E-state index in [2.05, 4.69) is 6.92 Å². The summed E-state index contributed by atoms with van der Waals surface area (Å²) >= 11 is 1.97. The normalized spacial score (nSPS) is 13.5. The first-order chi connectivity index (χ1) is 4.81. The molecule has 0 aliphatic heterocycles. The van der Waals surface area contributed by atoms with Gasteiger partial charge in [0.05, 0.1) is 0 Å². The van der Waals surface area contributed by atoms with Crippen LogP contribution in [-0.4, -0.2) is 24.1 Å². The van der Waals surface area contributed by atoms with Gasteiger partial charge < -0.3 is 11.5 Å². The minimum absolute atomic E-state index is 0.705. The van der Waals surface area contributed by atoms with Crippen LogP contribution in [0.3, 0.4) is 0 Å². The van der Waals surface area contributed by atoms with E-state index in [1.165, 1.54) is 5.75 Å². The fourth-order valence-electron chi connectivity index (χ4n) is 0.686. The maximum atomic E-state index is 5.40. The van der Waals surface area contributed by atoms with Crippen molar-refractivity contribution in [1.29, 1.82) is 0 Å². The van der Waals surface area contributed by atoms with Crippen LogP contribution in [0.15, 0.2) is 0 Å². The van der Waals surface area contributed by atoms with Gasteiger partial charge in [0.1, 0.15) is 0 Å². The van der Waals surface area contributed by atoms with E-state index in [-0.39, 0.29) is 0 Å². The Bertz CT molecular complexity index is 68.6. The van der Waals surface area contributed by atoms with Gasteiger partial charge in [-0.25, -0.2) is 0 Å². The molecule has 1 unspecified atom stereocenters. The molecular formula is C7H18N2S. The monoisotopic (exact) mass is 162 g/mol. The number of hydrogen-bond acceptors (Lipinski definition) is 3. The number of nitrogens with two attached hydrogens (primary N) is 2. The van der Waals surface area contributed by atoms with Crippen molar-refractivity contribution in [3.8, 4) is 0 Å². The van der Waals surface area contributed by atoms with Crippen LogP contribution in [0, 0.1) is 0 Å². The van der Waals surface area contributed by atoms with Crippen molar-refractivity contribution in [3.63, 3.8) is 0 Å². The third-order valence-electron chi connectivity index (χ3n) is 1.32. The van der Waals surface area contributed by atoms with Crippen molar-refractivity contribution < 1.29 is 0 Å². The van der Waals surface area contributed by atoms with Gasteiger partial charge in [-0.3, -0.25) is 0 Å². The van der Waals surface area contributed by atoms with Crippen LogP contribution in [0.4, 0.5) is 0 Å². The second-order valence-corrected chi connectivity index (χ2v) is 3.95. The number of hydrogen-bond donors (Lipinski definition) is 2. The van der Waals surface area contributed by atoms with Gasteiger partial charge in [0.2, 0.25) is 0 Å². The van der Waals surface area contributed by atoms with Gasteiger partial charge in [0, 0.05) is 5.25 Å². The third-order valence-corrected chi connectivity index (χ3v) is 2.65. The molecule has 2 nitrogen and oxygen atoms in total. The molecule has 0 spiro atoms. The number of rotatable bonds is 6. The summed E-state index contributed by atoms with van der Waals surface area (Å²) in [5.74, 6) is 1.18. The van der Waals surface area contributed by atoms with Crippen molar-refractivity contribution in [1.82, 2.24) is 0 Å². The lowest BCUT2D eigenvalue weighted by molar-refractivity contribution is 0.819. The average Bonchev–Trinajstić information content (AvgIpc) is 1.89. The maximum Gasteiger partial charge on any atom is 0.00307 e. The summed E-state index contributed by atoms with van der Waals surface area (Å²) in [6.07, 6.45) is 2.24. The summed E-state index contributed by atoms with van der Waals surface area (Å²) < 4.78 is 0. The molecule has 0 bridgehead atoms. The second kappa shape index (κ2) is 7.38. The molecule has 0 saturated carbocycles. The molecule has 10 heavy (non-hydrogen) atoms. The van der Waals surface area contributed by atoms with Crippen molar-refractivity contribution in [2.75, 3.05) is 18.8 Å². The highest BCUT2D eigenvalue weighted by Gasteiger charge is 1.98. The standard InChI is InChI=1S/C7H18N2S/c1-7(3-5-9)10-6-2-4-8/h7H,2-6,8-9H2,1H3. The van der Waals surface area contributed by atoms with E-state index in [1.807, 2.05) is 11.8 Å². The summed E-state index contributed by atoms with van der Waals surface area (Å²) in [5.41, 5.74) is 10.7. The third kappa shape index (κ3) is 6.39. The molecule has 0 aromatic carbocycles. The van der Waals surface area contributed by atoms with Crippen LogP contribution < -0.4 is 11.5 Å². The number of thioether (sulfide) groups is 1. The SMILES string of the molecule is CC(CCN)SCCCN. The molecule has 0 fully saturated rings. The predicted octanol–water partition coefficient (Wildman–Crippen LogP) is 0.806. The zero-order valence-corrected chi connectivity index (χ0v) is 7.49. The smallest absolute Gasteiger partial charge is 0.00307 e. The van der Waals surface area contributed by atoms with E-state index < -0.39 is 0 Å². The Labute approximate surface area is 67.7 Å². The lowest BCUT2D eigenvalue weighted by Gasteiger charge is -2.07. The van der Waals surface area contributed by atoms with Gasteiger partial charge in [0.15, 0.2) is 0 Å². The van der Waals surface area contributed by atoms with Gasteiger partial charge in [-0.2, -0.15) is 11.8 Å². The van der Waals surface area contributed by atoms with E-state index in [4.69, 9.17) is 11.5 Å². The Balaban J connectivity index is 2.97. The van der Waals surface area contributed by atoms with E-state index in [1.54, 1.807) is 0 Å². The summed E-state index contributed by atoms with van der Waals surface area (Å²) in [6.45, 7) is 3.83. The Hall–Kier alpha value is 0.270. The highest BCUT2D eigenvalue weighted by Crippen LogP contribution is 2.13. The first-order valence-electron chi connectivity index (χ1n) is 3.83. The largest absolute Gasteiger partial charge is 0.330 e. The van der Waals surface area contributed by atoms with Gasteiger partial charge in [-0.05, 0) is 31.7 Å². The molecule has 62 valence electrons. The summed E-state index contributed by atoms with van der Waals surface area (Å²) in [5, 5.41) is 0.705. The van der Waals surface area contributed by atoms with Crippen LogP contribution in [0.5, 0.6) is 0 Å². The zero-order valence-electron chi connectivity index (χ0n) is 6.68. The molecule has 0 aliphatic carbocycles. The first-order valence-corrected chi connectivity index (χ1v) is 4.88.